The van der Waals surface area contributed by atoms with Crippen molar-refractivity contribution in [1.82, 2.24) is 5.32 Å². The summed E-state index contributed by atoms with van der Waals surface area (Å²) in [5, 5.41) is 4.02. The van der Waals surface area contributed by atoms with Gasteiger partial charge in [-0.3, -0.25) is 4.79 Å². The maximum atomic E-state index is 12.3. The molecule has 0 radical (unpaired) electrons. The average Bonchev–Trinajstić information content (AvgIpc) is 2.83. The molecule has 1 fully saturated rings. The number of hydrogen-bond donors (Lipinski definition) is 1. The van der Waals surface area contributed by atoms with Crippen LogP contribution in [0.2, 0.25) is 0 Å². The van der Waals surface area contributed by atoms with E-state index < -0.39 is 0 Å². The molecular formula is C13H13NO3. The Kier molecular flexibility index (Phi) is 2.66. The Morgan fingerprint density at radius 3 is 3.06 bits per heavy atom. The minimum atomic E-state index is -0.259. The van der Waals surface area contributed by atoms with Crippen molar-refractivity contribution >= 4 is 16.8 Å². The van der Waals surface area contributed by atoms with Gasteiger partial charge >= 0.3 is 0 Å². The van der Waals surface area contributed by atoms with Crippen LogP contribution in [0.5, 0.6) is 0 Å². The quantitative estimate of drug-likeness (QED) is 0.798. The number of morpholine rings is 1. The maximum absolute atomic E-state index is 12.3. The van der Waals surface area contributed by atoms with Crippen molar-refractivity contribution in [3.05, 3.63) is 36.1 Å². The van der Waals surface area contributed by atoms with E-state index in [0.717, 1.165) is 11.0 Å². The Balaban J connectivity index is 1.95. The number of hydrogen-bond acceptors (Lipinski definition) is 4. The second-order valence-corrected chi connectivity index (χ2v) is 4.09. The average molecular weight is 231 g/mol. The number of fused-ring (bicyclic) bond motifs is 1. The second kappa shape index (κ2) is 4.31. The van der Waals surface area contributed by atoms with Crippen LogP contribution in [0.1, 0.15) is 10.4 Å². The van der Waals surface area contributed by atoms with Crippen LogP contribution in [-0.2, 0) is 4.74 Å². The van der Waals surface area contributed by atoms with Crippen LogP contribution in [0, 0.1) is 0 Å². The Bertz CT molecular complexity index is 540. The molecule has 0 bridgehead atoms. The van der Waals surface area contributed by atoms with Crippen molar-refractivity contribution in [2.75, 3.05) is 19.8 Å². The molecule has 4 nitrogen and oxygen atoms in total. The van der Waals surface area contributed by atoms with E-state index in [0.29, 0.717) is 25.3 Å². The number of para-hydroxylation sites is 1. The third kappa shape index (κ3) is 1.85. The number of carbonyl (C=O) groups is 1. The zero-order chi connectivity index (χ0) is 11.7. The van der Waals surface area contributed by atoms with Crippen molar-refractivity contribution in [2.24, 2.45) is 0 Å². The topological polar surface area (TPSA) is 51.5 Å². The van der Waals surface area contributed by atoms with E-state index in [1.807, 2.05) is 24.3 Å². The van der Waals surface area contributed by atoms with Gasteiger partial charge < -0.3 is 14.5 Å². The lowest BCUT2D eigenvalue weighted by atomic mass is 10.0. The summed E-state index contributed by atoms with van der Waals surface area (Å²) >= 11 is 0. The van der Waals surface area contributed by atoms with Gasteiger partial charge in [0.2, 0.25) is 0 Å². The van der Waals surface area contributed by atoms with Crippen LogP contribution in [0.3, 0.4) is 0 Å². The summed E-state index contributed by atoms with van der Waals surface area (Å²) < 4.78 is 10.7. The number of nitrogens with one attached hydrogen (secondary N) is 1. The molecule has 1 aliphatic rings. The lowest BCUT2D eigenvalue weighted by Crippen LogP contribution is -2.46. The highest BCUT2D eigenvalue weighted by molar-refractivity contribution is 6.09. The summed E-state index contributed by atoms with van der Waals surface area (Å²) in [5.41, 5.74) is 1.37. The number of Topliss-reactive ketones (excluding diaryl/α,β-unsaturated/α-hetero) is 1. The van der Waals surface area contributed by atoms with Crippen molar-refractivity contribution in [2.45, 2.75) is 6.04 Å². The van der Waals surface area contributed by atoms with E-state index in [-0.39, 0.29) is 11.8 Å². The number of ether oxygens (including phenoxy) is 1. The van der Waals surface area contributed by atoms with Crippen molar-refractivity contribution < 1.29 is 13.9 Å². The monoisotopic (exact) mass is 231 g/mol. The van der Waals surface area contributed by atoms with Crippen molar-refractivity contribution in [1.29, 1.82) is 0 Å². The third-order valence-corrected chi connectivity index (χ3v) is 2.98. The second-order valence-electron chi connectivity index (χ2n) is 4.09. The van der Waals surface area contributed by atoms with Crippen LogP contribution < -0.4 is 5.32 Å². The predicted molar refractivity (Wildman–Crippen MR) is 63.2 cm³/mol. The first-order valence-electron chi connectivity index (χ1n) is 5.68. The van der Waals surface area contributed by atoms with Gasteiger partial charge in [-0.05, 0) is 6.07 Å². The summed E-state index contributed by atoms with van der Waals surface area (Å²) in [6, 6.07) is 7.29. The van der Waals surface area contributed by atoms with E-state index >= 15 is 0 Å². The van der Waals surface area contributed by atoms with Gasteiger partial charge in [-0.2, -0.15) is 0 Å². The standard InChI is InChI=1S/C13H13NO3/c15-13(11-8-16-6-5-14-11)10-7-17-12-4-2-1-3-9(10)12/h1-4,7,11,14H,5-6,8H2. The van der Waals surface area contributed by atoms with E-state index in [2.05, 4.69) is 5.32 Å². The van der Waals surface area contributed by atoms with E-state index in [9.17, 15) is 4.79 Å². The molecule has 1 aliphatic heterocycles. The number of rotatable bonds is 2. The molecule has 1 N–H and O–H groups in total. The molecule has 0 amide bonds. The van der Waals surface area contributed by atoms with Gasteiger partial charge in [0, 0.05) is 11.9 Å². The molecule has 3 rings (SSSR count). The molecule has 1 aromatic carbocycles. The first-order chi connectivity index (χ1) is 8.36. The Labute approximate surface area is 98.6 Å². The highest BCUT2D eigenvalue weighted by atomic mass is 16.5. The van der Waals surface area contributed by atoms with Gasteiger partial charge in [0.15, 0.2) is 5.78 Å². The Morgan fingerprint density at radius 1 is 1.35 bits per heavy atom. The molecular weight excluding hydrogens is 218 g/mol. The molecule has 1 atom stereocenters. The molecule has 2 heterocycles. The van der Waals surface area contributed by atoms with Crippen LogP contribution in [-0.4, -0.2) is 31.6 Å². The van der Waals surface area contributed by atoms with Crippen molar-refractivity contribution in [3.63, 3.8) is 0 Å². The van der Waals surface area contributed by atoms with E-state index in [4.69, 9.17) is 9.15 Å². The molecule has 1 saturated heterocycles. The molecule has 0 spiro atoms. The zero-order valence-electron chi connectivity index (χ0n) is 9.31. The predicted octanol–water partition coefficient (Wildman–Crippen LogP) is 1.60. The normalized spacial score (nSPS) is 20.6. The third-order valence-electron chi connectivity index (χ3n) is 2.98. The molecule has 1 unspecified atom stereocenters. The fourth-order valence-electron chi connectivity index (χ4n) is 2.09. The van der Waals surface area contributed by atoms with Crippen LogP contribution >= 0.6 is 0 Å². The molecule has 0 saturated carbocycles. The highest BCUT2D eigenvalue weighted by Crippen LogP contribution is 2.22. The minimum Gasteiger partial charge on any atom is -0.464 e. The maximum Gasteiger partial charge on any atom is 0.185 e. The number of ketones is 1. The van der Waals surface area contributed by atoms with Gasteiger partial charge in [-0.15, -0.1) is 0 Å². The molecule has 88 valence electrons. The number of carbonyl (C=O) groups excluding carboxylic acids is 1. The molecule has 4 heteroatoms. The van der Waals surface area contributed by atoms with Crippen LogP contribution in [0.15, 0.2) is 34.9 Å². The molecule has 0 aliphatic carbocycles. The Morgan fingerprint density at radius 2 is 2.24 bits per heavy atom. The van der Waals surface area contributed by atoms with Gasteiger partial charge in [-0.1, -0.05) is 18.2 Å². The molecule has 17 heavy (non-hydrogen) atoms. The fourth-order valence-corrected chi connectivity index (χ4v) is 2.09. The summed E-state index contributed by atoms with van der Waals surface area (Å²) in [6.45, 7) is 1.81. The first kappa shape index (κ1) is 10.5. The lowest BCUT2D eigenvalue weighted by molar-refractivity contribution is 0.0608. The van der Waals surface area contributed by atoms with Crippen LogP contribution in [0.4, 0.5) is 0 Å². The van der Waals surface area contributed by atoms with Gasteiger partial charge in [-0.25, -0.2) is 0 Å². The number of benzene rings is 1. The summed E-state index contributed by atoms with van der Waals surface area (Å²) in [7, 11) is 0. The van der Waals surface area contributed by atoms with Gasteiger partial charge in [0.1, 0.15) is 11.8 Å². The van der Waals surface area contributed by atoms with Crippen molar-refractivity contribution in [3.8, 4) is 0 Å². The lowest BCUT2D eigenvalue weighted by Gasteiger charge is -2.22. The molecule has 2 aromatic rings. The highest BCUT2D eigenvalue weighted by Gasteiger charge is 2.25. The summed E-state index contributed by atoms with van der Waals surface area (Å²) in [5.74, 6) is 0.0367. The smallest absolute Gasteiger partial charge is 0.185 e. The first-order valence-corrected chi connectivity index (χ1v) is 5.68. The van der Waals surface area contributed by atoms with Gasteiger partial charge in [0.05, 0.1) is 24.8 Å². The van der Waals surface area contributed by atoms with Gasteiger partial charge in [0.25, 0.3) is 0 Å². The fraction of sp³-hybridized carbons (Fsp3) is 0.308. The van der Waals surface area contributed by atoms with Crippen LogP contribution in [0.25, 0.3) is 11.0 Å². The largest absolute Gasteiger partial charge is 0.464 e. The number of furan rings is 1. The Hall–Kier alpha value is -1.65. The SMILES string of the molecule is O=C(c1coc2ccccc12)C1COCCN1. The summed E-state index contributed by atoms with van der Waals surface area (Å²) in [6.07, 6.45) is 1.53. The minimum absolute atomic E-state index is 0.0367. The van der Waals surface area contributed by atoms with E-state index in [1.165, 1.54) is 6.26 Å². The van der Waals surface area contributed by atoms with E-state index in [1.54, 1.807) is 0 Å². The molecule has 1 aromatic heterocycles. The summed E-state index contributed by atoms with van der Waals surface area (Å²) in [4.78, 5) is 12.3. The zero-order valence-corrected chi connectivity index (χ0v) is 9.31.